The fourth-order valence-electron chi connectivity index (χ4n) is 3.76. The van der Waals surface area contributed by atoms with Crippen molar-refractivity contribution in [3.63, 3.8) is 0 Å². The summed E-state index contributed by atoms with van der Waals surface area (Å²) >= 11 is 0. The lowest BCUT2D eigenvalue weighted by molar-refractivity contribution is -0.144. The lowest BCUT2D eigenvalue weighted by atomic mass is 9.84. The van der Waals surface area contributed by atoms with Crippen LogP contribution in [0.3, 0.4) is 0 Å². The van der Waals surface area contributed by atoms with Gasteiger partial charge in [0.15, 0.2) is 0 Å². The van der Waals surface area contributed by atoms with E-state index in [2.05, 4.69) is 15.6 Å². The number of amides is 4. The molecule has 2 aliphatic heterocycles. The van der Waals surface area contributed by atoms with Crippen LogP contribution in [0.1, 0.15) is 19.8 Å². The summed E-state index contributed by atoms with van der Waals surface area (Å²) in [5, 5.41) is 5.12. The van der Waals surface area contributed by atoms with Crippen LogP contribution in [0.4, 0.5) is 0 Å². The Bertz CT molecular complexity index is 798. The molecule has 0 aromatic carbocycles. The fourth-order valence-corrected chi connectivity index (χ4v) is 3.76. The van der Waals surface area contributed by atoms with Gasteiger partial charge in [-0.25, -0.2) is 0 Å². The monoisotopic (exact) mass is 387 g/mol. The number of fused-ring (bicyclic) bond motifs is 1. The summed E-state index contributed by atoms with van der Waals surface area (Å²) in [7, 11) is 3.61. The van der Waals surface area contributed by atoms with Gasteiger partial charge in [-0.1, -0.05) is 18.2 Å². The summed E-state index contributed by atoms with van der Waals surface area (Å²) in [6.45, 7) is 2.19. The van der Waals surface area contributed by atoms with Crippen LogP contribution in [-0.2, 0) is 19.2 Å². The maximum absolute atomic E-state index is 13.3. The van der Waals surface area contributed by atoms with Gasteiger partial charge in [0, 0.05) is 13.0 Å². The van der Waals surface area contributed by atoms with E-state index in [9.17, 15) is 19.2 Å². The highest BCUT2D eigenvalue weighted by atomic mass is 16.2. The topological polar surface area (TPSA) is 111 Å². The van der Waals surface area contributed by atoms with Crippen LogP contribution in [0, 0.1) is 5.92 Å². The molecule has 2 heterocycles. The van der Waals surface area contributed by atoms with Crippen LogP contribution < -0.4 is 10.6 Å². The molecule has 3 unspecified atom stereocenters. The summed E-state index contributed by atoms with van der Waals surface area (Å²) in [5.74, 6) is -1.29. The van der Waals surface area contributed by atoms with Gasteiger partial charge in [-0.15, -0.1) is 0 Å². The highest BCUT2D eigenvalue weighted by Gasteiger charge is 2.44. The van der Waals surface area contributed by atoms with E-state index >= 15 is 0 Å². The van der Waals surface area contributed by atoms with E-state index in [-0.39, 0.29) is 49.7 Å². The predicted octanol–water partition coefficient (Wildman–Crippen LogP) is -0.789. The molecule has 0 bridgehead atoms. The number of rotatable bonds is 5. The molecule has 1 aliphatic carbocycles. The number of amidine groups is 1. The quantitative estimate of drug-likeness (QED) is 0.601. The number of imide groups is 1. The Morgan fingerprint density at radius 2 is 2.11 bits per heavy atom. The average Bonchev–Trinajstić information content (AvgIpc) is 2.60. The third kappa shape index (κ3) is 4.04. The predicted molar refractivity (Wildman–Crippen MR) is 102 cm³/mol. The summed E-state index contributed by atoms with van der Waals surface area (Å²) in [6, 6.07) is -1.10. The summed E-state index contributed by atoms with van der Waals surface area (Å²) < 4.78 is 0. The van der Waals surface area contributed by atoms with E-state index < -0.39 is 17.9 Å². The van der Waals surface area contributed by atoms with Crippen molar-refractivity contribution in [2.75, 3.05) is 27.2 Å². The number of hydrogen-bond acceptors (Lipinski definition) is 6. The number of aliphatic imine (C=N–C) groups is 1. The first kappa shape index (κ1) is 19.9. The molecule has 3 rings (SSSR count). The number of carbonyl (C=O) groups excluding carboxylic acids is 4. The van der Waals surface area contributed by atoms with Crippen LogP contribution in [0.2, 0.25) is 0 Å². The van der Waals surface area contributed by atoms with Crippen molar-refractivity contribution in [3.05, 3.63) is 23.8 Å². The van der Waals surface area contributed by atoms with E-state index in [1.165, 1.54) is 4.90 Å². The smallest absolute Gasteiger partial charge is 0.249 e. The Morgan fingerprint density at radius 1 is 1.36 bits per heavy atom. The highest BCUT2D eigenvalue weighted by molar-refractivity contribution is 6.08. The zero-order valence-corrected chi connectivity index (χ0v) is 16.3. The molecule has 0 saturated carbocycles. The van der Waals surface area contributed by atoms with E-state index in [1.807, 2.05) is 18.2 Å². The maximum Gasteiger partial charge on any atom is 0.249 e. The molecule has 2 N–H and O–H groups in total. The standard InChI is InChI=1S/C19H25N5O4/c1-11-21-13-6-4-5-12(9-20-16(26)10-23(2)3)17(13)19(28)24(11)14-7-8-15(25)22-18(14)27/h4-6,13-14,17H,7-10H2,1-3H3,(H,20,26)(H,22,25,27). The Hall–Kier alpha value is -2.81. The minimum atomic E-state index is -0.745. The van der Waals surface area contributed by atoms with Crippen LogP contribution >= 0.6 is 0 Å². The first-order chi connectivity index (χ1) is 13.3. The minimum Gasteiger partial charge on any atom is -0.351 e. The van der Waals surface area contributed by atoms with E-state index in [0.29, 0.717) is 5.84 Å². The minimum absolute atomic E-state index is 0.137. The molecule has 0 spiro atoms. The number of nitrogens with one attached hydrogen (secondary N) is 2. The fraction of sp³-hybridized carbons (Fsp3) is 0.526. The first-order valence-electron chi connectivity index (χ1n) is 9.27. The van der Waals surface area contributed by atoms with Gasteiger partial charge in [-0.05, 0) is 33.0 Å². The molecule has 0 radical (unpaired) electrons. The Kier molecular flexibility index (Phi) is 5.73. The Labute approximate surface area is 163 Å². The third-order valence-electron chi connectivity index (χ3n) is 5.02. The Morgan fingerprint density at radius 3 is 2.79 bits per heavy atom. The zero-order valence-electron chi connectivity index (χ0n) is 16.3. The van der Waals surface area contributed by atoms with Gasteiger partial charge >= 0.3 is 0 Å². The van der Waals surface area contributed by atoms with Crippen LogP contribution in [0.15, 0.2) is 28.8 Å². The van der Waals surface area contributed by atoms with Crippen LogP contribution in [0.25, 0.3) is 0 Å². The molecule has 1 fully saturated rings. The molecule has 9 nitrogen and oxygen atoms in total. The lowest BCUT2D eigenvalue weighted by Gasteiger charge is -2.41. The van der Waals surface area contributed by atoms with Crippen molar-refractivity contribution in [2.45, 2.75) is 31.8 Å². The SMILES string of the molecule is CC1=NC2C=CC=C(CNC(=O)CN(C)C)C2C(=O)N1C1CCC(=O)NC1=O. The molecular weight excluding hydrogens is 362 g/mol. The lowest BCUT2D eigenvalue weighted by Crippen LogP contribution is -2.60. The van der Waals surface area contributed by atoms with Gasteiger partial charge in [-0.2, -0.15) is 0 Å². The van der Waals surface area contributed by atoms with Crippen molar-refractivity contribution in [3.8, 4) is 0 Å². The second-order valence-corrected chi connectivity index (χ2v) is 7.46. The molecule has 28 heavy (non-hydrogen) atoms. The zero-order chi connectivity index (χ0) is 20.4. The number of carbonyl (C=O) groups is 4. The van der Waals surface area contributed by atoms with E-state index in [4.69, 9.17) is 0 Å². The van der Waals surface area contributed by atoms with Gasteiger partial charge in [0.1, 0.15) is 11.9 Å². The van der Waals surface area contributed by atoms with Crippen molar-refractivity contribution in [2.24, 2.45) is 10.9 Å². The second kappa shape index (κ2) is 8.05. The molecular formula is C19H25N5O4. The van der Waals surface area contributed by atoms with Gasteiger partial charge in [-0.3, -0.25) is 34.4 Å². The summed E-state index contributed by atoms with van der Waals surface area (Å²) in [5.41, 5.74) is 0.748. The number of nitrogens with zero attached hydrogens (tertiary/aromatic N) is 3. The number of hydrogen-bond donors (Lipinski definition) is 2. The Balaban J connectivity index is 1.78. The van der Waals surface area contributed by atoms with Gasteiger partial charge in [0.05, 0.1) is 18.5 Å². The van der Waals surface area contributed by atoms with E-state index in [1.54, 1.807) is 25.9 Å². The normalized spacial score (nSPS) is 27.2. The van der Waals surface area contributed by atoms with Crippen molar-refractivity contribution < 1.29 is 19.2 Å². The molecule has 1 saturated heterocycles. The van der Waals surface area contributed by atoms with Gasteiger partial charge in [0.2, 0.25) is 23.6 Å². The molecule has 3 aliphatic rings. The largest absolute Gasteiger partial charge is 0.351 e. The first-order valence-corrected chi connectivity index (χ1v) is 9.27. The van der Waals surface area contributed by atoms with Crippen LogP contribution in [-0.4, -0.2) is 78.5 Å². The molecule has 4 amide bonds. The molecule has 0 aromatic heterocycles. The average molecular weight is 387 g/mol. The van der Waals surface area contributed by atoms with Crippen molar-refractivity contribution in [1.82, 2.24) is 20.4 Å². The highest BCUT2D eigenvalue weighted by Crippen LogP contribution is 2.31. The second-order valence-electron chi connectivity index (χ2n) is 7.46. The summed E-state index contributed by atoms with van der Waals surface area (Å²) in [4.78, 5) is 56.8. The van der Waals surface area contributed by atoms with Crippen LogP contribution in [0.5, 0.6) is 0 Å². The molecule has 9 heteroatoms. The van der Waals surface area contributed by atoms with Gasteiger partial charge in [0.25, 0.3) is 0 Å². The van der Waals surface area contributed by atoms with E-state index in [0.717, 1.165) is 5.57 Å². The third-order valence-corrected chi connectivity index (χ3v) is 5.02. The number of allylic oxidation sites excluding steroid dienone is 2. The molecule has 3 atom stereocenters. The van der Waals surface area contributed by atoms with Crippen molar-refractivity contribution >= 4 is 29.5 Å². The maximum atomic E-state index is 13.3. The van der Waals surface area contributed by atoms with Crippen molar-refractivity contribution in [1.29, 1.82) is 0 Å². The summed E-state index contributed by atoms with van der Waals surface area (Å²) in [6.07, 6.45) is 5.95. The van der Waals surface area contributed by atoms with Gasteiger partial charge < -0.3 is 10.2 Å². The molecule has 150 valence electrons. The molecule has 0 aromatic rings. The number of piperidine rings is 1. The number of likely N-dealkylation sites (N-methyl/N-ethyl adjacent to an activating group) is 1.